The summed E-state index contributed by atoms with van der Waals surface area (Å²) in [6, 6.07) is 14.2. The summed E-state index contributed by atoms with van der Waals surface area (Å²) < 4.78 is 0. The predicted octanol–water partition coefficient (Wildman–Crippen LogP) is 2.90. The Labute approximate surface area is 128 Å². The van der Waals surface area contributed by atoms with Gasteiger partial charge in [-0.1, -0.05) is 35.4 Å². The Bertz CT molecular complexity index is 642. The van der Waals surface area contributed by atoms with Crippen molar-refractivity contribution in [2.45, 2.75) is 13.8 Å². The average molecular weight is 295 g/mol. The highest BCUT2D eigenvalue weighted by Crippen LogP contribution is 2.10. The van der Waals surface area contributed by atoms with Gasteiger partial charge in [-0.3, -0.25) is 15.0 Å². The molecule has 5 nitrogen and oxygen atoms in total. The Balaban J connectivity index is 1.97. The Morgan fingerprint density at radius 2 is 1.05 bits per heavy atom. The van der Waals surface area contributed by atoms with E-state index in [1.165, 1.54) is 0 Å². The van der Waals surface area contributed by atoms with Gasteiger partial charge in [0.1, 0.15) is 0 Å². The van der Waals surface area contributed by atoms with Crippen LogP contribution < -0.4 is 10.6 Å². The SMILES string of the molecule is Cc1ccc(NC(=O)C(=N)C(=O)Nc2ccc(C)cc2)cc1. The van der Waals surface area contributed by atoms with Gasteiger partial charge in [-0.25, -0.2) is 0 Å². The summed E-state index contributed by atoms with van der Waals surface area (Å²) in [5.74, 6) is -1.48. The fourth-order valence-corrected chi connectivity index (χ4v) is 1.76. The van der Waals surface area contributed by atoms with Crippen molar-refractivity contribution in [1.29, 1.82) is 5.41 Å². The maximum atomic E-state index is 11.9. The molecule has 0 radical (unpaired) electrons. The van der Waals surface area contributed by atoms with Crippen molar-refractivity contribution in [3.8, 4) is 0 Å². The van der Waals surface area contributed by atoms with E-state index in [1.54, 1.807) is 24.3 Å². The molecule has 2 aromatic carbocycles. The lowest BCUT2D eigenvalue weighted by atomic mass is 10.2. The summed E-state index contributed by atoms with van der Waals surface area (Å²) in [6.07, 6.45) is 0. The van der Waals surface area contributed by atoms with Crippen LogP contribution in [0.4, 0.5) is 11.4 Å². The Morgan fingerprint density at radius 3 is 1.36 bits per heavy atom. The number of amides is 2. The molecule has 0 saturated carbocycles. The summed E-state index contributed by atoms with van der Waals surface area (Å²) in [5, 5.41) is 12.7. The first-order valence-electron chi connectivity index (χ1n) is 6.80. The lowest BCUT2D eigenvalue weighted by Crippen LogP contribution is -2.33. The quantitative estimate of drug-likeness (QED) is 0.598. The highest BCUT2D eigenvalue weighted by atomic mass is 16.2. The molecule has 0 heterocycles. The van der Waals surface area contributed by atoms with Gasteiger partial charge in [0.05, 0.1) is 0 Å². The minimum absolute atomic E-state index is 0.545. The van der Waals surface area contributed by atoms with Crippen molar-refractivity contribution in [3.63, 3.8) is 0 Å². The van der Waals surface area contributed by atoms with Crippen LogP contribution in [0.5, 0.6) is 0 Å². The molecule has 0 unspecified atom stereocenters. The highest BCUT2D eigenvalue weighted by molar-refractivity contribution is 6.68. The van der Waals surface area contributed by atoms with E-state index in [0.717, 1.165) is 11.1 Å². The summed E-state index contributed by atoms with van der Waals surface area (Å²) in [4.78, 5) is 23.8. The third-order valence-corrected chi connectivity index (χ3v) is 3.07. The van der Waals surface area contributed by atoms with Crippen LogP contribution in [0.3, 0.4) is 0 Å². The Kier molecular flexibility index (Phi) is 4.68. The molecule has 0 spiro atoms. The van der Waals surface area contributed by atoms with Gasteiger partial charge >= 0.3 is 0 Å². The largest absolute Gasteiger partial charge is 0.320 e. The van der Waals surface area contributed by atoms with Crippen LogP contribution in [0.2, 0.25) is 0 Å². The van der Waals surface area contributed by atoms with E-state index in [9.17, 15) is 9.59 Å². The molecule has 2 rings (SSSR count). The van der Waals surface area contributed by atoms with Crippen LogP contribution in [0.1, 0.15) is 11.1 Å². The van der Waals surface area contributed by atoms with Crippen LogP contribution in [0.15, 0.2) is 48.5 Å². The molecule has 22 heavy (non-hydrogen) atoms. The number of anilines is 2. The zero-order valence-electron chi connectivity index (χ0n) is 12.4. The molecule has 0 bridgehead atoms. The summed E-state index contributed by atoms with van der Waals surface area (Å²) in [7, 11) is 0. The standard InChI is InChI=1S/C17H17N3O2/c1-11-3-7-13(8-4-11)19-16(21)15(18)17(22)20-14-9-5-12(2)6-10-14/h3-10,18H,1-2H3,(H,19,21)(H,20,22). The van der Waals surface area contributed by atoms with Crippen molar-refractivity contribution in [2.75, 3.05) is 10.6 Å². The highest BCUT2D eigenvalue weighted by Gasteiger charge is 2.18. The number of hydrogen-bond acceptors (Lipinski definition) is 3. The third-order valence-electron chi connectivity index (χ3n) is 3.07. The summed E-state index contributed by atoms with van der Waals surface area (Å²) in [6.45, 7) is 3.87. The van der Waals surface area contributed by atoms with Crippen molar-refractivity contribution in [1.82, 2.24) is 0 Å². The summed E-state index contributed by atoms with van der Waals surface area (Å²) >= 11 is 0. The fraction of sp³-hybridized carbons (Fsp3) is 0.118. The lowest BCUT2D eigenvalue weighted by Gasteiger charge is -2.08. The average Bonchev–Trinajstić information content (AvgIpc) is 2.51. The second-order valence-corrected chi connectivity index (χ2v) is 5.02. The normalized spacial score (nSPS) is 9.91. The topological polar surface area (TPSA) is 82.1 Å². The van der Waals surface area contributed by atoms with E-state index >= 15 is 0 Å². The van der Waals surface area contributed by atoms with E-state index in [4.69, 9.17) is 5.41 Å². The van der Waals surface area contributed by atoms with Gasteiger partial charge in [0.25, 0.3) is 11.8 Å². The van der Waals surface area contributed by atoms with Crippen molar-refractivity contribution >= 4 is 28.9 Å². The molecule has 2 amide bonds. The molecular formula is C17H17N3O2. The van der Waals surface area contributed by atoms with Gasteiger partial charge in [-0.2, -0.15) is 0 Å². The van der Waals surface area contributed by atoms with Gasteiger partial charge in [-0.05, 0) is 38.1 Å². The van der Waals surface area contributed by atoms with Crippen LogP contribution in [0, 0.1) is 19.3 Å². The van der Waals surface area contributed by atoms with Gasteiger partial charge < -0.3 is 10.6 Å². The van der Waals surface area contributed by atoms with E-state index in [2.05, 4.69) is 10.6 Å². The smallest absolute Gasteiger partial charge is 0.279 e. The second kappa shape index (κ2) is 6.67. The summed E-state index contributed by atoms with van der Waals surface area (Å²) in [5.41, 5.74) is 2.57. The number of carbonyl (C=O) groups is 2. The molecule has 0 atom stereocenters. The predicted molar refractivity (Wildman–Crippen MR) is 87.3 cm³/mol. The van der Waals surface area contributed by atoms with Crippen molar-refractivity contribution < 1.29 is 9.59 Å². The molecule has 0 aliphatic carbocycles. The van der Waals surface area contributed by atoms with Gasteiger partial charge in [0, 0.05) is 11.4 Å². The number of carbonyl (C=O) groups excluding carboxylic acids is 2. The number of benzene rings is 2. The van der Waals surface area contributed by atoms with Gasteiger partial charge in [0.15, 0.2) is 5.71 Å². The van der Waals surface area contributed by atoms with Crippen LogP contribution in [0.25, 0.3) is 0 Å². The molecule has 0 saturated heterocycles. The van der Waals surface area contributed by atoms with E-state index in [0.29, 0.717) is 11.4 Å². The minimum atomic E-state index is -0.742. The molecule has 112 valence electrons. The molecular weight excluding hydrogens is 278 g/mol. The van der Waals surface area contributed by atoms with Crippen LogP contribution >= 0.6 is 0 Å². The lowest BCUT2D eigenvalue weighted by molar-refractivity contribution is -0.114. The molecule has 5 heteroatoms. The minimum Gasteiger partial charge on any atom is -0.320 e. The number of rotatable bonds is 4. The molecule has 0 aliphatic heterocycles. The van der Waals surface area contributed by atoms with Gasteiger partial charge in [0.2, 0.25) is 0 Å². The van der Waals surface area contributed by atoms with Crippen molar-refractivity contribution in [2.24, 2.45) is 0 Å². The maximum Gasteiger partial charge on any atom is 0.279 e. The number of aryl methyl sites for hydroxylation is 2. The fourth-order valence-electron chi connectivity index (χ4n) is 1.76. The first-order valence-corrected chi connectivity index (χ1v) is 6.80. The Hall–Kier alpha value is -2.95. The Morgan fingerprint density at radius 1 is 0.727 bits per heavy atom. The molecule has 0 fully saturated rings. The van der Waals surface area contributed by atoms with E-state index in [1.807, 2.05) is 38.1 Å². The molecule has 0 aromatic heterocycles. The zero-order chi connectivity index (χ0) is 16.1. The number of nitrogens with one attached hydrogen (secondary N) is 3. The van der Waals surface area contributed by atoms with Gasteiger partial charge in [-0.15, -0.1) is 0 Å². The second-order valence-electron chi connectivity index (χ2n) is 5.02. The molecule has 0 aliphatic rings. The van der Waals surface area contributed by atoms with E-state index in [-0.39, 0.29) is 0 Å². The molecule has 2 aromatic rings. The first kappa shape index (κ1) is 15.4. The van der Waals surface area contributed by atoms with Crippen LogP contribution in [-0.2, 0) is 9.59 Å². The first-order chi connectivity index (χ1) is 10.5. The monoisotopic (exact) mass is 295 g/mol. The maximum absolute atomic E-state index is 11.9. The van der Waals surface area contributed by atoms with Crippen LogP contribution in [-0.4, -0.2) is 17.5 Å². The number of hydrogen-bond donors (Lipinski definition) is 3. The van der Waals surface area contributed by atoms with E-state index < -0.39 is 17.5 Å². The third kappa shape index (κ3) is 4.02. The molecule has 3 N–H and O–H groups in total. The zero-order valence-corrected chi connectivity index (χ0v) is 12.4. The van der Waals surface area contributed by atoms with Crippen molar-refractivity contribution in [3.05, 3.63) is 59.7 Å².